The number of aromatic nitrogens is 4. The van der Waals surface area contributed by atoms with Gasteiger partial charge < -0.3 is 15.1 Å². The number of nitrogens with one attached hydrogen (secondary N) is 3. The molecule has 0 radical (unpaired) electrons. The molecule has 2 heterocycles. The third-order valence-corrected chi connectivity index (χ3v) is 2.75. The quantitative estimate of drug-likeness (QED) is 0.550. The van der Waals surface area contributed by atoms with Gasteiger partial charge in [-0.25, -0.2) is 9.78 Å². The lowest BCUT2D eigenvalue weighted by molar-refractivity contribution is -0.144. The Balaban J connectivity index is 2.16. The van der Waals surface area contributed by atoms with Crippen LogP contribution in [0.2, 0.25) is 0 Å². The Morgan fingerprint density at radius 2 is 1.90 bits per heavy atom. The molecule has 6 nitrogen and oxygen atoms in total. The number of fused-ring (bicyclic) bond motifs is 1. The fraction of sp³-hybridized carbons (Fsp3) is 0.0909. The van der Waals surface area contributed by atoms with Crippen molar-refractivity contribution >= 4 is 11.0 Å². The molecule has 4 N–H and O–H groups in total. The molecule has 9 heteroatoms. The molecule has 0 unspecified atom stereocenters. The summed E-state index contributed by atoms with van der Waals surface area (Å²) in [4.78, 5) is 21.1. The number of H-pyrrole nitrogens is 3. The highest BCUT2D eigenvalue weighted by Gasteiger charge is 2.34. The van der Waals surface area contributed by atoms with Crippen LogP contribution in [-0.4, -0.2) is 25.0 Å². The topological polar surface area (TPSA) is 97.6 Å². The summed E-state index contributed by atoms with van der Waals surface area (Å²) in [5.41, 5.74) is 0.124. The third kappa shape index (κ3) is 1.92. The van der Waals surface area contributed by atoms with Crippen LogP contribution in [0.5, 0.6) is 5.88 Å². The second-order valence-corrected chi connectivity index (χ2v) is 4.12. The van der Waals surface area contributed by atoms with Gasteiger partial charge in [-0.2, -0.15) is 13.2 Å². The number of benzene rings is 1. The van der Waals surface area contributed by atoms with Crippen LogP contribution in [-0.2, 0) is 6.18 Å². The first-order valence-electron chi connectivity index (χ1n) is 5.43. The number of aromatic amines is 3. The van der Waals surface area contributed by atoms with Gasteiger partial charge in [0.15, 0.2) is 0 Å². The van der Waals surface area contributed by atoms with Gasteiger partial charge in [0.25, 0.3) is 0 Å². The smallest absolute Gasteiger partial charge is 0.449 e. The van der Waals surface area contributed by atoms with Crippen molar-refractivity contribution in [1.29, 1.82) is 0 Å². The first kappa shape index (κ1) is 12.3. The van der Waals surface area contributed by atoms with E-state index < -0.39 is 17.7 Å². The standard InChI is InChI=1S/C11H7F3N4O2/c12-11(13,14)9-15-5-2-1-4(3-6(5)16-9)7-8(19)18-10(20)17-7/h1-3,19H,(H,15,16)(H2,17,18,20). The molecular formula is C11H7F3N4O2. The lowest BCUT2D eigenvalue weighted by Crippen LogP contribution is -2.06. The summed E-state index contributed by atoms with van der Waals surface area (Å²) >= 11 is 0. The van der Waals surface area contributed by atoms with E-state index in [1.165, 1.54) is 18.2 Å². The van der Waals surface area contributed by atoms with Gasteiger partial charge in [-0.05, 0) is 12.1 Å². The number of aromatic hydroxyl groups is 1. The Labute approximate surface area is 108 Å². The monoisotopic (exact) mass is 284 g/mol. The lowest BCUT2D eigenvalue weighted by Gasteiger charge is -1.99. The predicted octanol–water partition coefficient (Wildman–Crippen LogP) is 1.97. The Kier molecular flexibility index (Phi) is 2.40. The number of imidazole rings is 2. The first-order chi connectivity index (χ1) is 9.34. The molecule has 3 rings (SSSR count). The normalized spacial score (nSPS) is 12.2. The molecule has 0 saturated heterocycles. The molecule has 2 aromatic heterocycles. The van der Waals surface area contributed by atoms with Crippen molar-refractivity contribution in [2.45, 2.75) is 6.18 Å². The third-order valence-electron chi connectivity index (χ3n) is 2.75. The zero-order valence-electron chi connectivity index (χ0n) is 9.67. The van der Waals surface area contributed by atoms with E-state index in [-0.39, 0.29) is 22.6 Å². The van der Waals surface area contributed by atoms with E-state index in [0.717, 1.165) is 0 Å². The van der Waals surface area contributed by atoms with Crippen LogP contribution in [0.25, 0.3) is 22.3 Å². The van der Waals surface area contributed by atoms with Gasteiger partial charge in [-0.15, -0.1) is 0 Å². The predicted molar refractivity (Wildman–Crippen MR) is 63.2 cm³/mol. The average molecular weight is 284 g/mol. The zero-order chi connectivity index (χ0) is 14.5. The Hall–Kier alpha value is -2.71. The molecule has 3 aromatic rings. The van der Waals surface area contributed by atoms with Gasteiger partial charge in [-0.1, -0.05) is 6.07 Å². The molecule has 0 bridgehead atoms. The largest absolute Gasteiger partial charge is 0.493 e. The van der Waals surface area contributed by atoms with Crippen molar-refractivity contribution < 1.29 is 18.3 Å². The summed E-state index contributed by atoms with van der Waals surface area (Å²) in [6.45, 7) is 0. The van der Waals surface area contributed by atoms with Gasteiger partial charge in [0.05, 0.1) is 11.0 Å². The highest BCUT2D eigenvalue weighted by atomic mass is 19.4. The summed E-state index contributed by atoms with van der Waals surface area (Å²) in [7, 11) is 0. The molecule has 0 spiro atoms. The molecule has 0 saturated carbocycles. The molecule has 104 valence electrons. The van der Waals surface area contributed by atoms with Crippen molar-refractivity contribution in [1.82, 2.24) is 19.9 Å². The highest BCUT2D eigenvalue weighted by molar-refractivity contribution is 5.82. The zero-order valence-corrected chi connectivity index (χ0v) is 9.67. The molecule has 0 aliphatic rings. The number of rotatable bonds is 1. The second-order valence-electron chi connectivity index (χ2n) is 4.12. The summed E-state index contributed by atoms with van der Waals surface area (Å²) in [6, 6.07) is 4.17. The summed E-state index contributed by atoms with van der Waals surface area (Å²) in [5, 5.41) is 9.50. The van der Waals surface area contributed by atoms with Gasteiger partial charge in [-0.3, -0.25) is 4.98 Å². The van der Waals surface area contributed by atoms with Gasteiger partial charge in [0.1, 0.15) is 5.69 Å². The van der Waals surface area contributed by atoms with E-state index >= 15 is 0 Å². The molecule has 0 fully saturated rings. The fourth-order valence-electron chi connectivity index (χ4n) is 1.88. The second kappa shape index (κ2) is 3.89. The van der Waals surface area contributed by atoms with Gasteiger partial charge in [0.2, 0.25) is 11.7 Å². The Morgan fingerprint density at radius 1 is 1.15 bits per heavy atom. The van der Waals surface area contributed by atoms with Crippen LogP contribution in [0.4, 0.5) is 13.2 Å². The van der Waals surface area contributed by atoms with E-state index in [0.29, 0.717) is 5.56 Å². The van der Waals surface area contributed by atoms with Crippen LogP contribution >= 0.6 is 0 Å². The Morgan fingerprint density at radius 3 is 2.50 bits per heavy atom. The van der Waals surface area contributed by atoms with E-state index in [9.17, 15) is 23.1 Å². The van der Waals surface area contributed by atoms with Crippen LogP contribution < -0.4 is 5.69 Å². The van der Waals surface area contributed by atoms with Crippen molar-refractivity contribution in [3.8, 4) is 17.1 Å². The number of nitrogens with zero attached hydrogens (tertiary/aromatic N) is 1. The van der Waals surface area contributed by atoms with E-state index in [1.54, 1.807) is 0 Å². The number of hydrogen-bond donors (Lipinski definition) is 4. The number of hydrogen-bond acceptors (Lipinski definition) is 3. The van der Waals surface area contributed by atoms with Crippen molar-refractivity contribution in [2.75, 3.05) is 0 Å². The molecule has 0 amide bonds. The van der Waals surface area contributed by atoms with Crippen molar-refractivity contribution in [2.24, 2.45) is 0 Å². The molecular weight excluding hydrogens is 277 g/mol. The first-order valence-corrected chi connectivity index (χ1v) is 5.43. The highest BCUT2D eigenvalue weighted by Crippen LogP contribution is 2.31. The van der Waals surface area contributed by atoms with Crippen LogP contribution in [0.3, 0.4) is 0 Å². The van der Waals surface area contributed by atoms with E-state index in [1.807, 2.05) is 0 Å². The lowest BCUT2D eigenvalue weighted by atomic mass is 10.1. The van der Waals surface area contributed by atoms with E-state index in [4.69, 9.17) is 0 Å². The minimum Gasteiger partial charge on any atom is -0.493 e. The maximum Gasteiger partial charge on any atom is 0.449 e. The SMILES string of the molecule is O=c1[nH]c(O)c(-c2ccc3nc(C(F)(F)F)[nH]c3c2)[nH]1. The number of halogens is 3. The van der Waals surface area contributed by atoms with Gasteiger partial charge in [0, 0.05) is 5.56 Å². The Bertz CT molecular complexity index is 843. The van der Waals surface area contributed by atoms with Crippen LogP contribution in [0.15, 0.2) is 23.0 Å². The molecule has 20 heavy (non-hydrogen) atoms. The van der Waals surface area contributed by atoms with Gasteiger partial charge >= 0.3 is 11.9 Å². The minimum absolute atomic E-state index is 0.0973. The average Bonchev–Trinajstić information content (AvgIpc) is 2.90. The summed E-state index contributed by atoms with van der Waals surface area (Å²) in [5.74, 6) is -1.48. The molecule has 0 aliphatic heterocycles. The summed E-state index contributed by atoms with van der Waals surface area (Å²) < 4.78 is 37.6. The minimum atomic E-state index is -4.57. The van der Waals surface area contributed by atoms with Crippen molar-refractivity contribution in [3.63, 3.8) is 0 Å². The molecule has 0 atom stereocenters. The summed E-state index contributed by atoms with van der Waals surface area (Å²) in [6.07, 6.45) is -4.57. The fourth-order valence-corrected chi connectivity index (χ4v) is 1.88. The maximum absolute atomic E-state index is 12.5. The van der Waals surface area contributed by atoms with E-state index in [2.05, 4.69) is 19.9 Å². The molecule has 1 aromatic carbocycles. The van der Waals surface area contributed by atoms with Crippen LogP contribution in [0, 0.1) is 0 Å². The maximum atomic E-state index is 12.5. The molecule has 0 aliphatic carbocycles. The van der Waals surface area contributed by atoms with Crippen LogP contribution in [0.1, 0.15) is 5.82 Å². The number of alkyl halides is 3. The van der Waals surface area contributed by atoms with Crippen molar-refractivity contribution in [3.05, 3.63) is 34.5 Å².